The molecule has 1 aromatic heterocycles. The van der Waals surface area contributed by atoms with Crippen molar-refractivity contribution in [2.45, 2.75) is 57.8 Å². The van der Waals surface area contributed by atoms with E-state index in [2.05, 4.69) is 36.2 Å². The molecule has 3 heterocycles. The molecular formula is C30H36ClN3O4. The van der Waals surface area contributed by atoms with E-state index in [4.69, 9.17) is 9.15 Å². The van der Waals surface area contributed by atoms with Crippen molar-refractivity contribution in [3.63, 3.8) is 0 Å². The Morgan fingerprint density at radius 2 is 1.63 bits per heavy atom. The van der Waals surface area contributed by atoms with Crippen LogP contribution in [-0.4, -0.2) is 46.3 Å². The molecule has 1 unspecified atom stereocenters. The Labute approximate surface area is 230 Å². The number of amides is 2. The third kappa shape index (κ3) is 6.05. The van der Waals surface area contributed by atoms with Crippen LogP contribution in [-0.2, 0) is 22.7 Å². The van der Waals surface area contributed by atoms with Crippen molar-refractivity contribution in [3.05, 3.63) is 84.3 Å². The van der Waals surface area contributed by atoms with E-state index in [9.17, 15) is 9.59 Å². The lowest BCUT2D eigenvalue weighted by Crippen LogP contribution is -2.72. The number of likely N-dealkylation sites (tertiary alicyclic amines) is 1. The summed E-state index contributed by atoms with van der Waals surface area (Å²) in [5, 5.41) is 3.07. The van der Waals surface area contributed by atoms with E-state index in [0.29, 0.717) is 37.5 Å². The maximum absolute atomic E-state index is 13.6. The fourth-order valence-corrected chi connectivity index (χ4v) is 5.42. The number of halogens is 1. The molecule has 0 aliphatic carbocycles. The molecule has 0 saturated carbocycles. The molecule has 2 aliphatic rings. The molecule has 2 saturated heterocycles. The second-order valence-corrected chi connectivity index (χ2v) is 10.5. The number of furan rings is 1. The van der Waals surface area contributed by atoms with Crippen LogP contribution in [0.15, 0.2) is 77.4 Å². The maximum Gasteiger partial charge on any atom is 0.246 e. The highest BCUT2D eigenvalue weighted by Crippen LogP contribution is 2.36. The van der Waals surface area contributed by atoms with E-state index in [1.807, 2.05) is 54.6 Å². The summed E-state index contributed by atoms with van der Waals surface area (Å²) >= 11 is 0. The molecule has 0 bridgehead atoms. The fraction of sp³-hybridized carbons (Fsp3) is 0.400. The number of nitrogens with zero attached hydrogens (tertiary/aromatic N) is 2. The molecule has 5 rings (SSSR count). The highest BCUT2D eigenvalue weighted by atomic mass is 35.5. The van der Waals surface area contributed by atoms with Crippen LogP contribution in [0.4, 0.5) is 0 Å². The minimum Gasteiger partial charge on any atom is -0.467 e. The summed E-state index contributed by atoms with van der Waals surface area (Å²) in [4.78, 5) is 31.3. The highest BCUT2D eigenvalue weighted by molar-refractivity contribution is 6.00. The van der Waals surface area contributed by atoms with E-state index in [1.54, 1.807) is 11.2 Å². The van der Waals surface area contributed by atoms with Crippen molar-refractivity contribution < 1.29 is 18.7 Å². The molecule has 1 atom stereocenters. The van der Waals surface area contributed by atoms with Gasteiger partial charge in [-0.05, 0) is 67.1 Å². The topological polar surface area (TPSA) is 75.0 Å². The summed E-state index contributed by atoms with van der Waals surface area (Å²) in [6.07, 6.45) is 3.43. The van der Waals surface area contributed by atoms with Gasteiger partial charge < -0.3 is 19.4 Å². The van der Waals surface area contributed by atoms with Gasteiger partial charge in [-0.15, -0.1) is 12.4 Å². The molecule has 7 nitrogen and oxygen atoms in total. The van der Waals surface area contributed by atoms with Crippen molar-refractivity contribution in [1.82, 2.24) is 15.1 Å². The van der Waals surface area contributed by atoms with Gasteiger partial charge in [-0.25, -0.2) is 0 Å². The van der Waals surface area contributed by atoms with Gasteiger partial charge in [0.25, 0.3) is 0 Å². The predicted molar refractivity (Wildman–Crippen MR) is 148 cm³/mol. The highest BCUT2D eigenvalue weighted by Gasteiger charge is 2.53. The Hall–Kier alpha value is -3.29. The number of benzene rings is 2. The average Bonchev–Trinajstić information content (AvgIpc) is 3.41. The monoisotopic (exact) mass is 537 g/mol. The zero-order valence-electron chi connectivity index (χ0n) is 22.0. The van der Waals surface area contributed by atoms with Crippen LogP contribution >= 0.6 is 12.4 Å². The van der Waals surface area contributed by atoms with Crippen LogP contribution < -0.4 is 10.1 Å². The molecule has 8 heteroatoms. The fourth-order valence-electron chi connectivity index (χ4n) is 5.42. The molecule has 38 heavy (non-hydrogen) atoms. The second-order valence-electron chi connectivity index (χ2n) is 10.5. The van der Waals surface area contributed by atoms with Crippen LogP contribution in [0.1, 0.15) is 44.4 Å². The van der Waals surface area contributed by atoms with Crippen LogP contribution in [0.3, 0.4) is 0 Å². The van der Waals surface area contributed by atoms with E-state index in [1.165, 1.54) is 5.56 Å². The summed E-state index contributed by atoms with van der Waals surface area (Å²) in [5.41, 5.74) is 0.339. The SMILES string of the molecule is CC(C)CC1NC(=O)C2(CCN(Cc3ccc(Oc4ccccc4)cc3)CC2)N(Cc2ccco2)C1=O.Cl. The van der Waals surface area contributed by atoms with E-state index < -0.39 is 11.6 Å². The molecule has 2 fully saturated rings. The Morgan fingerprint density at radius 3 is 2.26 bits per heavy atom. The third-order valence-electron chi connectivity index (χ3n) is 7.40. The summed E-state index contributed by atoms with van der Waals surface area (Å²) in [5.74, 6) is 2.57. The number of ether oxygens (including phenoxy) is 1. The molecule has 1 spiro atoms. The van der Waals surface area contributed by atoms with Gasteiger partial charge >= 0.3 is 0 Å². The first kappa shape index (κ1) is 27.7. The van der Waals surface area contributed by atoms with Gasteiger partial charge in [0.2, 0.25) is 11.8 Å². The van der Waals surface area contributed by atoms with Crippen LogP contribution in [0, 0.1) is 5.92 Å². The quantitative estimate of drug-likeness (QED) is 0.416. The Kier molecular flexibility index (Phi) is 8.80. The van der Waals surface area contributed by atoms with Crippen LogP contribution in [0.2, 0.25) is 0 Å². The Bertz CT molecular complexity index is 1190. The number of hydrogen-bond donors (Lipinski definition) is 1. The first-order valence-electron chi connectivity index (χ1n) is 13.1. The molecule has 202 valence electrons. The number of carbonyl (C=O) groups is 2. The van der Waals surface area contributed by atoms with Gasteiger partial charge in [0.15, 0.2) is 0 Å². The third-order valence-corrected chi connectivity index (χ3v) is 7.40. The Balaban J connectivity index is 0.00000336. The maximum atomic E-state index is 13.6. The van der Waals surface area contributed by atoms with Crippen molar-refractivity contribution in [2.75, 3.05) is 13.1 Å². The molecule has 1 N–H and O–H groups in total. The van der Waals surface area contributed by atoms with Gasteiger partial charge in [-0.2, -0.15) is 0 Å². The van der Waals surface area contributed by atoms with Gasteiger partial charge in [-0.3, -0.25) is 14.5 Å². The van der Waals surface area contributed by atoms with Crippen molar-refractivity contribution in [2.24, 2.45) is 5.92 Å². The summed E-state index contributed by atoms with van der Waals surface area (Å²) in [7, 11) is 0. The summed E-state index contributed by atoms with van der Waals surface area (Å²) < 4.78 is 11.5. The lowest BCUT2D eigenvalue weighted by molar-refractivity contribution is -0.163. The number of piperazine rings is 1. The van der Waals surface area contributed by atoms with Crippen molar-refractivity contribution in [1.29, 1.82) is 0 Å². The standard InChI is InChI=1S/C30H35N3O4.ClH/c1-22(2)19-27-28(34)33(21-26-9-6-18-36-26)30(29(35)31-27)14-16-32(17-15-30)20-23-10-12-25(13-11-23)37-24-7-4-3-5-8-24;/h3-13,18,22,27H,14-17,19-21H2,1-2H3,(H,31,35);1H. The molecular weight excluding hydrogens is 502 g/mol. The number of para-hydroxylation sites is 1. The first-order valence-corrected chi connectivity index (χ1v) is 13.1. The summed E-state index contributed by atoms with van der Waals surface area (Å²) in [6, 6.07) is 21.1. The van der Waals surface area contributed by atoms with Gasteiger partial charge in [-0.1, -0.05) is 44.2 Å². The van der Waals surface area contributed by atoms with Crippen LogP contribution in [0.25, 0.3) is 0 Å². The number of carbonyl (C=O) groups excluding carboxylic acids is 2. The summed E-state index contributed by atoms with van der Waals surface area (Å²) in [6.45, 7) is 6.69. The van der Waals surface area contributed by atoms with E-state index >= 15 is 0 Å². The first-order chi connectivity index (χ1) is 17.9. The molecule has 2 amide bonds. The van der Waals surface area contributed by atoms with Crippen molar-refractivity contribution in [3.8, 4) is 11.5 Å². The van der Waals surface area contributed by atoms with E-state index in [0.717, 1.165) is 31.1 Å². The number of piperidine rings is 1. The zero-order chi connectivity index (χ0) is 25.8. The van der Waals surface area contributed by atoms with Crippen LogP contribution in [0.5, 0.6) is 11.5 Å². The van der Waals surface area contributed by atoms with Gasteiger partial charge in [0.05, 0.1) is 12.8 Å². The Morgan fingerprint density at radius 1 is 0.947 bits per heavy atom. The lowest BCUT2D eigenvalue weighted by Gasteiger charge is -2.51. The molecule has 0 radical (unpaired) electrons. The van der Waals surface area contributed by atoms with E-state index in [-0.39, 0.29) is 24.2 Å². The van der Waals surface area contributed by atoms with Crippen molar-refractivity contribution >= 4 is 24.2 Å². The predicted octanol–water partition coefficient (Wildman–Crippen LogP) is 5.40. The molecule has 2 aromatic carbocycles. The normalized spacial score (nSPS) is 19.3. The minimum absolute atomic E-state index is 0. The number of rotatable bonds is 8. The minimum atomic E-state index is -0.846. The second kappa shape index (κ2) is 12.0. The number of hydrogen-bond acceptors (Lipinski definition) is 5. The average molecular weight is 538 g/mol. The smallest absolute Gasteiger partial charge is 0.246 e. The largest absolute Gasteiger partial charge is 0.467 e. The number of nitrogens with one attached hydrogen (secondary N) is 1. The molecule has 3 aromatic rings. The van der Waals surface area contributed by atoms with Gasteiger partial charge in [0, 0.05) is 19.6 Å². The van der Waals surface area contributed by atoms with Gasteiger partial charge in [0.1, 0.15) is 28.8 Å². The zero-order valence-corrected chi connectivity index (χ0v) is 22.8. The molecule has 2 aliphatic heterocycles. The lowest BCUT2D eigenvalue weighted by atomic mass is 9.80.